The molecular formula is C10H11BrN2O3. The number of methoxy groups -OCH3 is 1. The zero-order valence-corrected chi connectivity index (χ0v) is 10.2. The molecule has 5 nitrogen and oxygen atoms in total. The van der Waals surface area contributed by atoms with Crippen LogP contribution in [0.15, 0.2) is 18.2 Å². The zero-order valence-electron chi connectivity index (χ0n) is 8.64. The number of benzene rings is 1. The third-order valence-corrected chi connectivity index (χ3v) is 2.36. The minimum Gasteiger partial charge on any atom is -0.496 e. The van der Waals surface area contributed by atoms with Gasteiger partial charge in [0.2, 0.25) is 0 Å². The monoisotopic (exact) mass is 286 g/mol. The number of nitro benzene ring substituents is 1. The van der Waals surface area contributed by atoms with Crippen molar-refractivity contribution in [3.05, 3.63) is 33.9 Å². The molecule has 16 heavy (non-hydrogen) atoms. The van der Waals surface area contributed by atoms with E-state index in [2.05, 4.69) is 15.9 Å². The molecular weight excluding hydrogens is 276 g/mol. The van der Waals surface area contributed by atoms with E-state index in [0.717, 1.165) is 0 Å². The number of ether oxygens (including phenoxy) is 1. The number of allylic oxidation sites excluding steroid dienone is 1. The summed E-state index contributed by atoms with van der Waals surface area (Å²) in [4.78, 5) is 10.2. The van der Waals surface area contributed by atoms with Crippen molar-refractivity contribution in [2.45, 2.75) is 0 Å². The van der Waals surface area contributed by atoms with Crippen molar-refractivity contribution in [1.82, 2.24) is 0 Å². The van der Waals surface area contributed by atoms with Gasteiger partial charge >= 0.3 is 0 Å². The third-order valence-electron chi connectivity index (χ3n) is 1.98. The van der Waals surface area contributed by atoms with Crippen LogP contribution in [-0.4, -0.2) is 17.4 Å². The molecule has 0 aliphatic carbocycles. The number of rotatable bonds is 4. The highest BCUT2D eigenvalue weighted by Gasteiger charge is 2.16. The number of nitro groups is 1. The third kappa shape index (κ3) is 2.73. The molecule has 0 aliphatic rings. The van der Waals surface area contributed by atoms with E-state index in [1.165, 1.54) is 13.2 Å². The number of hydrogen-bond acceptors (Lipinski definition) is 4. The first kappa shape index (κ1) is 12.5. The molecule has 1 aromatic carbocycles. The first-order chi connectivity index (χ1) is 7.60. The lowest BCUT2D eigenvalue weighted by molar-refractivity contribution is -0.384. The topological polar surface area (TPSA) is 78.4 Å². The van der Waals surface area contributed by atoms with Gasteiger partial charge in [-0.1, -0.05) is 28.1 Å². The van der Waals surface area contributed by atoms with Gasteiger partial charge in [0.1, 0.15) is 11.4 Å². The fourth-order valence-corrected chi connectivity index (χ4v) is 1.40. The molecule has 0 aromatic heterocycles. The van der Waals surface area contributed by atoms with Crippen molar-refractivity contribution in [3.63, 3.8) is 0 Å². The molecule has 0 atom stereocenters. The molecule has 0 radical (unpaired) electrons. The van der Waals surface area contributed by atoms with Crippen LogP contribution in [-0.2, 0) is 0 Å². The lowest BCUT2D eigenvalue weighted by atomic mass is 10.1. The predicted octanol–water partition coefficient (Wildman–Crippen LogP) is 2.59. The second kappa shape index (κ2) is 5.50. The Labute approximate surface area is 101 Å². The predicted molar refractivity (Wildman–Crippen MR) is 66.9 cm³/mol. The Kier molecular flexibility index (Phi) is 4.30. The minimum absolute atomic E-state index is 0.142. The maximum atomic E-state index is 10.8. The van der Waals surface area contributed by atoms with E-state index in [4.69, 9.17) is 10.5 Å². The molecule has 0 saturated carbocycles. The molecule has 6 heteroatoms. The van der Waals surface area contributed by atoms with Crippen LogP contribution in [0.5, 0.6) is 5.75 Å². The van der Waals surface area contributed by atoms with Crippen LogP contribution in [0.2, 0.25) is 0 Å². The van der Waals surface area contributed by atoms with Crippen molar-refractivity contribution in [1.29, 1.82) is 0 Å². The molecule has 0 heterocycles. The normalized spacial score (nSPS) is 10.6. The van der Waals surface area contributed by atoms with Crippen molar-refractivity contribution in [2.24, 2.45) is 0 Å². The van der Waals surface area contributed by atoms with Gasteiger partial charge in [-0.15, -0.1) is 0 Å². The second-order valence-electron chi connectivity index (χ2n) is 2.96. The lowest BCUT2D eigenvalue weighted by Gasteiger charge is -2.05. The zero-order chi connectivity index (χ0) is 12.1. The van der Waals surface area contributed by atoms with Gasteiger partial charge in [0.05, 0.1) is 18.1 Å². The van der Waals surface area contributed by atoms with E-state index < -0.39 is 4.92 Å². The Morgan fingerprint density at radius 3 is 2.81 bits per heavy atom. The van der Waals surface area contributed by atoms with Gasteiger partial charge in [-0.05, 0) is 6.07 Å². The first-order valence-corrected chi connectivity index (χ1v) is 5.56. The van der Waals surface area contributed by atoms with Crippen molar-refractivity contribution in [2.75, 3.05) is 18.2 Å². The molecule has 0 fully saturated rings. The number of nitrogens with zero attached hydrogens (tertiary/aromatic N) is 1. The Balaban J connectivity index is 3.31. The molecule has 0 saturated heterocycles. The van der Waals surface area contributed by atoms with Crippen LogP contribution in [0.3, 0.4) is 0 Å². The van der Waals surface area contributed by atoms with Crippen LogP contribution in [0.4, 0.5) is 11.4 Å². The fraction of sp³-hybridized carbons (Fsp3) is 0.200. The van der Waals surface area contributed by atoms with E-state index in [9.17, 15) is 10.1 Å². The summed E-state index contributed by atoms with van der Waals surface area (Å²) in [5.74, 6) is 0.412. The van der Waals surface area contributed by atoms with Crippen LogP contribution < -0.4 is 10.5 Å². The van der Waals surface area contributed by atoms with Gasteiger partial charge in [0.25, 0.3) is 5.69 Å². The Hall–Kier alpha value is -1.56. The largest absolute Gasteiger partial charge is 0.496 e. The van der Waals surface area contributed by atoms with Gasteiger partial charge < -0.3 is 10.5 Å². The van der Waals surface area contributed by atoms with E-state index in [0.29, 0.717) is 16.6 Å². The van der Waals surface area contributed by atoms with Gasteiger partial charge in [-0.2, -0.15) is 0 Å². The van der Waals surface area contributed by atoms with Gasteiger partial charge in [-0.25, -0.2) is 0 Å². The van der Waals surface area contributed by atoms with E-state index in [1.807, 2.05) is 0 Å². The number of nitrogen functional groups attached to an aromatic ring is 1. The Morgan fingerprint density at radius 2 is 2.31 bits per heavy atom. The lowest BCUT2D eigenvalue weighted by Crippen LogP contribution is -1.99. The van der Waals surface area contributed by atoms with E-state index >= 15 is 0 Å². The SMILES string of the molecule is COc1cc(C=CCBr)c(N)c([N+](=O)[O-])c1. The van der Waals surface area contributed by atoms with Gasteiger partial charge in [-0.3, -0.25) is 10.1 Å². The molecule has 0 amide bonds. The van der Waals surface area contributed by atoms with Crippen LogP contribution in [0.25, 0.3) is 6.08 Å². The molecule has 1 aromatic rings. The summed E-state index contributed by atoms with van der Waals surface area (Å²) in [5.41, 5.74) is 6.26. The number of nitrogens with two attached hydrogens (primary N) is 1. The molecule has 0 bridgehead atoms. The highest BCUT2D eigenvalue weighted by Crippen LogP contribution is 2.31. The van der Waals surface area contributed by atoms with E-state index in [1.54, 1.807) is 18.2 Å². The number of halogens is 1. The summed E-state index contributed by atoms with van der Waals surface area (Å²) in [6.45, 7) is 0. The van der Waals surface area contributed by atoms with Crippen LogP contribution in [0.1, 0.15) is 5.56 Å². The number of hydrogen-bond donors (Lipinski definition) is 1. The van der Waals surface area contributed by atoms with E-state index in [-0.39, 0.29) is 11.4 Å². The Morgan fingerprint density at radius 1 is 1.62 bits per heavy atom. The standard InChI is InChI=1S/C10H11BrN2O3/c1-16-8-5-7(3-2-4-11)10(12)9(6-8)13(14)15/h2-3,5-6H,4,12H2,1H3. The molecule has 1 rings (SSSR count). The second-order valence-corrected chi connectivity index (χ2v) is 3.61. The van der Waals surface area contributed by atoms with Crippen molar-refractivity contribution < 1.29 is 9.66 Å². The van der Waals surface area contributed by atoms with Gasteiger partial charge in [0, 0.05) is 10.9 Å². The fourth-order valence-electron chi connectivity index (χ4n) is 1.21. The average molecular weight is 287 g/mol. The summed E-state index contributed by atoms with van der Waals surface area (Å²) in [6, 6.07) is 2.96. The molecule has 2 N–H and O–H groups in total. The first-order valence-electron chi connectivity index (χ1n) is 4.44. The summed E-state index contributed by atoms with van der Waals surface area (Å²) in [6.07, 6.45) is 3.51. The smallest absolute Gasteiger partial charge is 0.296 e. The molecule has 0 aliphatic heterocycles. The van der Waals surface area contributed by atoms with Crippen LogP contribution in [0, 0.1) is 10.1 Å². The van der Waals surface area contributed by atoms with Crippen molar-refractivity contribution >= 4 is 33.4 Å². The van der Waals surface area contributed by atoms with Crippen molar-refractivity contribution in [3.8, 4) is 5.75 Å². The quantitative estimate of drug-likeness (QED) is 0.399. The number of anilines is 1. The van der Waals surface area contributed by atoms with Gasteiger partial charge in [0.15, 0.2) is 0 Å². The summed E-state index contributed by atoms with van der Waals surface area (Å²) in [5, 5.41) is 11.4. The molecule has 86 valence electrons. The summed E-state index contributed by atoms with van der Waals surface area (Å²) < 4.78 is 4.98. The molecule has 0 spiro atoms. The minimum atomic E-state index is -0.524. The maximum absolute atomic E-state index is 10.8. The maximum Gasteiger partial charge on any atom is 0.296 e. The molecule has 0 unspecified atom stereocenters. The Bertz CT molecular complexity index is 432. The summed E-state index contributed by atoms with van der Waals surface area (Å²) >= 11 is 3.22. The number of alkyl halides is 1. The highest BCUT2D eigenvalue weighted by molar-refractivity contribution is 9.09. The van der Waals surface area contributed by atoms with Crippen LogP contribution >= 0.6 is 15.9 Å². The average Bonchev–Trinajstić information content (AvgIpc) is 2.27. The highest BCUT2D eigenvalue weighted by atomic mass is 79.9. The summed E-state index contributed by atoms with van der Waals surface area (Å²) in [7, 11) is 1.45.